The van der Waals surface area contributed by atoms with Crippen molar-refractivity contribution in [3.8, 4) is 0 Å². The number of furan rings is 2. The molecule has 0 aliphatic rings. The first-order chi connectivity index (χ1) is 11.9. The van der Waals surface area contributed by atoms with Crippen LogP contribution in [0.2, 0.25) is 0 Å². The van der Waals surface area contributed by atoms with Gasteiger partial charge in [0, 0.05) is 11.8 Å². The molecular formula is C18H17NO5S. The maximum absolute atomic E-state index is 12.9. The quantitative estimate of drug-likeness (QED) is 0.675. The summed E-state index contributed by atoms with van der Waals surface area (Å²) >= 11 is 0. The van der Waals surface area contributed by atoms with Crippen molar-refractivity contribution in [2.24, 2.45) is 0 Å². The lowest BCUT2D eigenvalue weighted by molar-refractivity contribution is 0.0704. The van der Waals surface area contributed by atoms with Crippen molar-refractivity contribution in [1.82, 2.24) is 4.90 Å². The molecule has 25 heavy (non-hydrogen) atoms. The van der Waals surface area contributed by atoms with Gasteiger partial charge in [-0.1, -0.05) is 0 Å². The van der Waals surface area contributed by atoms with Gasteiger partial charge in [-0.2, -0.15) is 0 Å². The van der Waals surface area contributed by atoms with Crippen LogP contribution in [0, 0.1) is 0 Å². The summed E-state index contributed by atoms with van der Waals surface area (Å²) in [5.74, 6) is 1.05. The fourth-order valence-corrected chi connectivity index (χ4v) is 3.04. The Morgan fingerprint density at radius 3 is 1.84 bits per heavy atom. The molecule has 0 aliphatic heterocycles. The highest BCUT2D eigenvalue weighted by Crippen LogP contribution is 2.17. The van der Waals surface area contributed by atoms with Gasteiger partial charge in [0.15, 0.2) is 9.84 Å². The van der Waals surface area contributed by atoms with E-state index in [4.69, 9.17) is 8.83 Å². The summed E-state index contributed by atoms with van der Waals surface area (Å²) in [7, 11) is -3.30. The zero-order valence-corrected chi connectivity index (χ0v) is 14.4. The number of benzene rings is 1. The van der Waals surface area contributed by atoms with Crippen molar-refractivity contribution in [2.45, 2.75) is 18.0 Å². The normalized spacial score (nSPS) is 11.4. The van der Waals surface area contributed by atoms with Crippen molar-refractivity contribution >= 4 is 15.7 Å². The molecular weight excluding hydrogens is 342 g/mol. The van der Waals surface area contributed by atoms with Crippen molar-refractivity contribution in [1.29, 1.82) is 0 Å². The Balaban J connectivity index is 1.85. The predicted octanol–water partition coefficient (Wildman–Crippen LogP) is 3.12. The summed E-state index contributed by atoms with van der Waals surface area (Å²) < 4.78 is 33.8. The van der Waals surface area contributed by atoms with Crippen LogP contribution in [0.1, 0.15) is 21.9 Å². The number of hydrogen-bond acceptors (Lipinski definition) is 5. The average Bonchev–Trinajstić information content (AvgIpc) is 3.27. The molecule has 0 atom stereocenters. The second-order valence-electron chi connectivity index (χ2n) is 5.62. The van der Waals surface area contributed by atoms with Crippen LogP contribution >= 0.6 is 0 Å². The Kier molecular flexibility index (Phi) is 4.76. The summed E-state index contributed by atoms with van der Waals surface area (Å²) in [4.78, 5) is 14.6. The van der Waals surface area contributed by atoms with E-state index >= 15 is 0 Å². The third-order valence-electron chi connectivity index (χ3n) is 3.67. The van der Waals surface area contributed by atoms with Gasteiger partial charge < -0.3 is 13.7 Å². The van der Waals surface area contributed by atoms with Gasteiger partial charge in [0.25, 0.3) is 5.91 Å². The zero-order valence-electron chi connectivity index (χ0n) is 13.6. The lowest BCUT2D eigenvalue weighted by Gasteiger charge is -2.20. The van der Waals surface area contributed by atoms with Gasteiger partial charge in [-0.05, 0) is 48.5 Å². The molecule has 7 heteroatoms. The van der Waals surface area contributed by atoms with Gasteiger partial charge in [0.05, 0.1) is 30.5 Å². The Morgan fingerprint density at radius 2 is 1.44 bits per heavy atom. The van der Waals surface area contributed by atoms with E-state index in [9.17, 15) is 13.2 Å². The van der Waals surface area contributed by atoms with Gasteiger partial charge in [-0.25, -0.2) is 8.42 Å². The molecule has 0 saturated carbocycles. The van der Waals surface area contributed by atoms with Crippen molar-refractivity contribution in [3.63, 3.8) is 0 Å². The summed E-state index contributed by atoms with van der Waals surface area (Å²) in [6.45, 7) is 0.556. The monoisotopic (exact) mass is 359 g/mol. The van der Waals surface area contributed by atoms with E-state index in [0.29, 0.717) is 17.1 Å². The molecule has 0 bridgehead atoms. The molecule has 0 radical (unpaired) electrons. The van der Waals surface area contributed by atoms with Gasteiger partial charge >= 0.3 is 0 Å². The molecule has 2 aromatic heterocycles. The minimum absolute atomic E-state index is 0.174. The van der Waals surface area contributed by atoms with Crippen LogP contribution in [0.15, 0.2) is 74.8 Å². The minimum Gasteiger partial charge on any atom is -0.467 e. The fraction of sp³-hybridized carbons (Fsp3) is 0.167. The second-order valence-corrected chi connectivity index (χ2v) is 7.63. The van der Waals surface area contributed by atoms with Crippen LogP contribution in [0.4, 0.5) is 0 Å². The molecule has 0 N–H and O–H groups in total. The van der Waals surface area contributed by atoms with Crippen molar-refractivity contribution < 1.29 is 22.0 Å². The Morgan fingerprint density at radius 1 is 0.920 bits per heavy atom. The van der Waals surface area contributed by atoms with Crippen LogP contribution in [0.5, 0.6) is 0 Å². The third kappa shape index (κ3) is 4.19. The van der Waals surface area contributed by atoms with Crippen LogP contribution in [0.3, 0.4) is 0 Å². The van der Waals surface area contributed by atoms with E-state index in [1.165, 1.54) is 24.3 Å². The lowest BCUT2D eigenvalue weighted by Crippen LogP contribution is -2.29. The second kappa shape index (κ2) is 6.98. The van der Waals surface area contributed by atoms with Gasteiger partial charge in [-0.15, -0.1) is 0 Å². The molecule has 3 aromatic rings. The number of carbonyl (C=O) groups is 1. The number of nitrogens with zero attached hydrogens (tertiary/aromatic N) is 1. The first-order valence-electron chi connectivity index (χ1n) is 7.57. The van der Waals surface area contributed by atoms with Gasteiger partial charge in [-0.3, -0.25) is 4.79 Å². The maximum atomic E-state index is 12.9. The number of sulfone groups is 1. The number of hydrogen-bond donors (Lipinski definition) is 0. The van der Waals surface area contributed by atoms with Gasteiger partial charge in [0.1, 0.15) is 11.5 Å². The standard InChI is InChI=1S/C18H17NO5S/c1-25(21,22)17-8-6-14(7-9-17)18(20)19(12-15-4-2-10-23-15)13-16-5-3-11-24-16/h2-11H,12-13H2,1H3. The van der Waals surface area contributed by atoms with Crippen LogP contribution in [0.25, 0.3) is 0 Å². The van der Waals surface area contributed by atoms with Crippen LogP contribution in [-0.2, 0) is 22.9 Å². The van der Waals surface area contributed by atoms with Crippen LogP contribution < -0.4 is 0 Å². The van der Waals surface area contributed by atoms with E-state index in [2.05, 4.69) is 0 Å². The Bertz CT molecular complexity index is 890. The van der Waals surface area contributed by atoms with E-state index < -0.39 is 9.84 Å². The Hall–Kier alpha value is -2.80. The number of carbonyl (C=O) groups excluding carboxylic acids is 1. The highest BCUT2D eigenvalue weighted by atomic mass is 32.2. The van der Waals surface area contributed by atoms with E-state index in [1.807, 2.05) is 0 Å². The number of amides is 1. The highest BCUT2D eigenvalue weighted by Gasteiger charge is 2.19. The van der Waals surface area contributed by atoms with E-state index in [0.717, 1.165) is 6.26 Å². The summed E-state index contributed by atoms with van der Waals surface area (Å²) in [6, 6.07) is 13.0. The molecule has 0 unspecified atom stereocenters. The van der Waals surface area contributed by atoms with Crippen molar-refractivity contribution in [2.75, 3.05) is 6.26 Å². The summed E-state index contributed by atoms with van der Waals surface area (Å²) in [6.07, 6.45) is 4.22. The van der Waals surface area contributed by atoms with Gasteiger partial charge in [0.2, 0.25) is 0 Å². The average molecular weight is 359 g/mol. The smallest absolute Gasteiger partial charge is 0.254 e. The largest absolute Gasteiger partial charge is 0.467 e. The van der Waals surface area contributed by atoms with E-state index in [1.54, 1.807) is 41.7 Å². The number of rotatable bonds is 6. The molecule has 6 nitrogen and oxygen atoms in total. The molecule has 130 valence electrons. The van der Waals surface area contributed by atoms with E-state index in [-0.39, 0.29) is 23.9 Å². The first-order valence-corrected chi connectivity index (χ1v) is 9.47. The summed E-state index contributed by atoms with van der Waals surface area (Å²) in [5.41, 5.74) is 0.394. The Labute approximate surface area is 145 Å². The predicted molar refractivity (Wildman–Crippen MR) is 90.5 cm³/mol. The molecule has 3 rings (SSSR count). The SMILES string of the molecule is CS(=O)(=O)c1ccc(C(=O)N(Cc2ccco2)Cc2ccco2)cc1. The first kappa shape index (κ1) is 17.0. The molecule has 0 saturated heterocycles. The summed E-state index contributed by atoms with van der Waals surface area (Å²) in [5, 5.41) is 0. The fourth-order valence-electron chi connectivity index (χ4n) is 2.41. The maximum Gasteiger partial charge on any atom is 0.254 e. The topological polar surface area (TPSA) is 80.7 Å². The molecule has 0 fully saturated rings. The molecule has 2 heterocycles. The lowest BCUT2D eigenvalue weighted by atomic mass is 10.2. The zero-order chi connectivity index (χ0) is 17.9. The van der Waals surface area contributed by atoms with Crippen LogP contribution in [-0.4, -0.2) is 25.5 Å². The molecule has 1 amide bonds. The molecule has 0 spiro atoms. The minimum atomic E-state index is -3.30. The molecule has 1 aromatic carbocycles. The molecule has 0 aliphatic carbocycles. The third-order valence-corrected chi connectivity index (χ3v) is 4.80. The van der Waals surface area contributed by atoms with Crippen molar-refractivity contribution in [3.05, 3.63) is 78.1 Å². The highest BCUT2D eigenvalue weighted by molar-refractivity contribution is 7.90.